The number of aryl methyl sites for hydroxylation is 1. The van der Waals surface area contributed by atoms with Gasteiger partial charge >= 0.3 is 0 Å². The van der Waals surface area contributed by atoms with Crippen LogP contribution in [0.5, 0.6) is 0 Å². The first kappa shape index (κ1) is 19.3. The van der Waals surface area contributed by atoms with E-state index in [9.17, 15) is 10.1 Å². The van der Waals surface area contributed by atoms with E-state index in [0.29, 0.717) is 17.1 Å². The van der Waals surface area contributed by atoms with Gasteiger partial charge in [-0.1, -0.05) is 35.0 Å². The molecule has 1 aliphatic rings. The minimum atomic E-state index is -0.333. The van der Waals surface area contributed by atoms with Crippen molar-refractivity contribution in [3.8, 4) is 17.2 Å². The Morgan fingerprint density at radius 3 is 2.54 bits per heavy atom. The van der Waals surface area contributed by atoms with Crippen LogP contribution in [0.15, 0.2) is 52.0 Å². The molecule has 2 aromatic carbocycles. The molecule has 0 radical (unpaired) electrons. The first-order valence-corrected chi connectivity index (χ1v) is 8.85. The summed E-state index contributed by atoms with van der Waals surface area (Å²) in [5.41, 5.74) is 10.5. The van der Waals surface area contributed by atoms with Gasteiger partial charge < -0.3 is 10.3 Å². The van der Waals surface area contributed by atoms with Crippen LogP contribution in [-0.2, 0) is 11.3 Å². The summed E-state index contributed by atoms with van der Waals surface area (Å²) in [7, 11) is 0. The van der Waals surface area contributed by atoms with Crippen LogP contribution in [0.3, 0.4) is 0 Å². The fourth-order valence-electron chi connectivity index (χ4n) is 2.99. The second-order valence-electron chi connectivity index (χ2n) is 6.22. The number of halogens is 1. The van der Waals surface area contributed by atoms with Gasteiger partial charge in [-0.25, -0.2) is 0 Å². The molecule has 0 saturated carbocycles. The Bertz CT molecular complexity index is 1100. The highest BCUT2D eigenvalue weighted by atomic mass is 35.5. The number of nitrogens with two attached hydrogens (primary N) is 1. The van der Waals surface area contributed by atoms with Crippen molar-refractivity contribution in [1.82, 2.24) is 5.16 Å². The van der Waals surface area contributed by atoms with E-state index in [1.165, 1.54) is 6.92 Å². The maximum atomic E-state index is 9.27. The molecule has 0 spiro atoms. The summed E-state index contributed by atoms with van der Waals surface area (Å²) in [4.78, 5) is 13.9. The van der Waals surface area contributed by atoms with Crippen molar-refractivity contribution >= 4 is 23.2 Å². The minimum absolute atomic E-state index is 0.333. The normalized spacial score (nSPS) is 11.7. The number of aromatic nitrogens is 1. The van der Waals surface area contributed by atoms with Crippen LogP contribution in [0.4, 0.5) is 0 Å². The van der Waals surface area contributed by atoms with Crippen molar-refractivity contribution in [3.63, 3.8) is 0 Å². The van der Waals surface area contributed by atoms with E-state index >= 15 is 0 Å². The van der Waals surface area contributed by atoms with Crippen LogP contribution in [0.25, 0.3) is 11.1 Å². The van der Waals surface area contributed by atoms with Gasteiger partial charge in [0, 0.05) is 23.1 Å². The smallest absolute Gasteiger partial charge is 0.214 e. The topological polar surface area (TPSA) is 105 Å². The number of amides is 1. The number of primary amides is 1. The van der Waals surface area contributed by atoms with E-state index < -0.39 is 0 Å². The number of aliphatic imine (C=N–C) groups is 1. The summed E-state index contributed by atoms with van der Waals surface area (Å²) in [6, 6.07) is 15.3. The predicted molar refractivity (Wildman–Crippen MR) is 107 cm³/mol. The van der Waals surface area contributed by atoms with Crippen molar-refractivity contribution in [1.29, 1.82) is 5.26 Å². The van der Waals surface area contributed by atoms with Gasteiger partial charge in [0.15, 0.2) is 5.76 Å². The number of hydrogen-bond acceptors (Lipinski definition) is 5. The van der Waals surface area contributed by atoms with Gasteiger partial charge in [-0.15, -0.1) is 0 Å². The van der Waals surface area contributed by atoms with Crippen LogP contribution < -0.4 is 5.73 Å². The number of hydrogen-bond donors (Lipinski definition) is 1. The molecule has 2 N–H and O–H groups in total. The summed E-state index contributed by atoms with van der Waals surface area (Å²) < 4.78 is 5.44. The van der Waals surface area contributed by atoms with Crippen LogP contribution in [0, 0.1) is 18.3 Å². The Labute approximate surface area is 167 Å². The molecule has 0 aliphatic carbocycles. The number of nitrogens with zero attached hydrogens (tertiary/aromatic N) is 3. The van der Waals surface area contributed by atoms with Crippen LogP contribution in [-0.4, -0.2) is 16.8 Å². The molecule has 4 rings (SSSR count). The van der Waals surface area contributed by atoms with Gasteiger partial charge in [0.1, 0.15) is 6.54 Å². The van der Waals surface area contributed by atoms with Crippen molar-refractivity contribution in [3.05, 3.63) is 75.6 Å². The predicted octanol–water partition coefficient (Wildman–Crippen LogP) is 4.02. The van der Waals surface area contributed by atoms with Gasteiger partial charge in [0.05, 0.1) is 28.6 Å². The van der Waals surface area contributed by atoms with Crippen LogP contribution >= 0.6 is 11.6 Å². The second kappa shape index (κ2) is 8.07. The summed E-state index contributed by atoms with van der Waals surface area (Å²) in [5, 5.41) is 14.0. The first-order chi connectivity index (χ1) is 13.4. The van der Waals surface area contributed by atoms with Crippen molar-refractivity contribution in [2.45, 2.75) is 20.4 Å². The van der Waals surface area contributed by atoms with E-state index in [1.807, 2.05) is 43.3 Å². The maximum Gasteiger partial charge on any atom is 0.214 e. The molecule has 1 aliphatic heterocycles. The number of fused-ring (bicyclic) bond motifs is 3. The van der Waals surface area contributed by atoms with E-state index in [1.54, 1.807) is 6.07 Å². The lowest BCUT2D eigenvalue weighted by molar-refractivity contribution is -0.115. The molecule has 28 heavy (non-hydrogen) atoms. The molecule has 0 saturated heterocycles. The molecule has 1 aromatic heterocycles. The Morgan fingerprint density at radius 2 is 1.89 bits per heavy atom. The fourth-order valence-corrected chi connectivity index (χ4v) is 3.11. The largest absolute Gasteiger partial charge is 0.370 e. The quantitative estimate of drug-likeness (QED) is 0.675. The monoisotopic (exact) mass is 392 g/mol. The summed E-state index contributed by atoms with van der Waals surface area (Å²) in [6.07, 6.45) is 0. The lowest BCUT2D eigenvalue weighted by atomic mass is 9.92. The molecule has 7 heteroatoms. The van der Waals surface area contributed by atoms with E-state index in [-0.39, 0.29) is 5.91 Å². The zero-order valence-electron chi connectivity index (χ0n) is 15.4. The van der Waals surface area contributed by atoms with E-state index in [0.717, 1.165) is 39.4 Å². The lowest BCUT2D eigenvalue weighted by Crippen LogP contribution is -2.05. The standard InChI is InChI=1S/C19H12ClN3O.C2H5NO/c1-11-18-15-7-2-12(9-21)8-16(15)19(22-10-17(18)24-23-11)13-3-5-14(20)6-4-13;1-2(3)4/h2-8H,10H2,1H3;1H3,(H2,3,4). The highest BCUT2D eigenvalue weighted by molar-refractivity contribution is 6.30. The SMILES string of the molecule is CC(N)=O.Cc1noc2c1-c1ccc(C#N)cc1C(c1ccc(Cl)cc1)=NC2. The van der Waals surface area contributed by atoms with Crippen molar-refractivity contribution in [2.24, 2.45) is 10.7 Å². The number of carbonyl (C=O) groups is 1. The zero-order chi connectivity index (χ0) is 20.3. The van der Waals surface area contributed by atoms with Crippen molar-refractivity contribution in [2.75, 3.05) is 0 Å². The highest BCUT2D eigenvalue weighted by Gasteiger charge is 2.24. The molecule has 0 atom stereocenters. The minimum Gasteiger partial charge on any atom is -0.370 e. The second-order valence-corrected chi connectivity index (χ2v) is 6.66. The first-order valence-electron chi connectivity index (χ1n) is 8.47. The molecule has 3 aromatic rings. The molecular formula is C21H17ClN4O2. The number of rotatable bonds is 1. The molecule has 2 heterocycles. The molecule has 6 nitrogen and oxygen atoms in total. The molecule has 0 unspecified atom stereocenters. The van der Waals surface area contributed by atoms with Gasteiger partial charge in [0.2, 0.25) is 5.91 Å². The van der Waals surface area contributed by atoms with Gasteiger partial charge in [-0.05, 0) is 36.8 Å². The van der Waals surface area contributed by atoms with Crippen molar-refractivity contribution < 1.29 is 9.32 Å². The van der Waals surface area contributed by atoms with E-state index in [4.69, 9.17) is 21.1 Å². The third kappa shape index (κ3) is 3.95. The van der Waals surface area contributed by atoms with Crippen LogP contribution in [0.1, 0.15) is 35.1 Å². The average Bonchev–Trinajstić information content (AvgIpc) is 2.94. The number of nitriles is 1. The third-order valence-corrected chi connectivity index (χ3v) is 4.36. The van der Waals surface area contributed by atoms with Gasteiger partial charge in [-0.3, -0.25) is 9.79 Å². The fraction of sp³-hybridized carbons (Fsp3) is 0.143. The number of carbonyl (C=O) groups excluding carboxylic acids is 1. The van der Waals surface area contributed by atoms with Crippen LogP contribution in [0.2, 0.25) is 5.02 Å². The molecule has 140 valence electrons. The Balaban J connectivity index is 0.000000516. The Morgan fingerprint density at radius 1 is 1.21 bits per heavy atom. The maximum absolute atomic E-state index is 9.27. The Hall–Kier alpha value is -3.43. The van der Waals surface area contributed by atoms with Gasteiger partial charge in [-0.2, -0.15) is 5.26 Å². The average molecular weight is 393 g/mol. The summed E-state index contributed by atoms with van der Waals surface area (Å²) in [6.45, 7) is 3.63. The summed E-state index contributed by atoms with van der Waals surface area (Å²) >= 11 is 6.00. The molecule has 0 fully saturated rings. The molecule has 1 amide bonds. The zero-order valence-corrected chi connectivity index (χ0v) is 16.1. The van der Waals surface area contributed by atoms with Gasteiger partial charge in [0.25, 0.3) is 0 Å². The highest BCUT2D eigenvalue weighted by Crippen LogP contribution is 2.35. The molecular weight excluding hydrogens is 376 g/mol. The number of benzene rings is 2. The Kier molecular flexibility index (Phi) is 5.57. The molecule has 0 bridgehead atoms. The summed E-state index contributed by atoms with van der Waals surface area (Å²) in [5.74, 6) is 0.405. The third-order valence-electron chi connectivity index (χ3n) is 4.10. The van der Waals surface area contributed by atoms with E-state index in [2.05, 4.69) is 17.0 Å². The lowest BCUT2D eigenvalue weighted by Gasteiger charge is -2.11.